The van der Waals surface area contributed by atoms with Gasteiger partial charge >= 0.3 is 0 Å². The second-order valence-corrected chi connectivity index (χ2v) is 9.41. The van der Waals surface area contributed by atoms with Crippen LogP contribution in [0, 0.1) is 0 Å². The van der Waals surface area contributed by atoms with E-state index in [1.165, 1.54) is 0 Å². The SMILES string of the molecule is CS(=O)(=O)N(CC(=O)NCc1ccc(Cl)cc1Cl)Cc1ccc(Br)cc1. The van der Waals surface area contributed by atoms with E-state index in [0.29, 0.717) is 15.6 Å². The molecule has 0 atom stereocenters. The Balaban J connectivity index is 2.01. The van der Waals surface area contributed by atoms with Gasteiger partial charge in [-0.1, -0.05) is 57.3 Å². The van der Waals surface area contributed by atoms with Gasteiger partial charge in [-0.05, 0) is 35.4 Å². The van der Waals surface area contributed by atoms with E-state index in [1.807, 2.05) is 12.1 Å². The summed E-state index contributed by atoms with van der Waals surface area (Å²) in [5.41, 5.74) is 1.48. The average molecular weight is 480 g/mol. The molecule has 1 amide bonds. The molecule has 0 radical (unpaired) electrons. The van der Waals surface area contributed by atoms with Gasteiger partial charge in [0.1, 0.15) is 0 Å². The lowest BCUT2D eigenvalue weighted by Gasteiger charge is -2.19. The Kier molecular flexibility index (Phi) is 7.49. The molecule has 1 N–H and O–H groups in total. The van der Waals surface area contributed by atoms with Crippen LogP contribution < -0.4 is 5.32 Å². The quantitative estimate of drug-likeness (QED) is 0.656. The van der Waals surface area contributed by atoms with Crippen molar-refractivity contribution >= 4 is 55.1 Å². The molecule has 0 fully saturated rings. The maximum Gasteiger partial charge on any atom is 0.235 e. The Morgan fingerprint density at radius 3 is 2.38 bits per heavy atom. The first-order chi connectivity index (χ1) is 12.1. The first kappa shape index (κ1) is 21.2. The third-order valence-corrected chi connectivity index (χ3v) is 5.86. The predicted molar refractivity (Wildman–Crippen MR) is 108 cm³/mol. The summed E-state index contributed by atoms with van der Waals surface area (Å²) in [6, 6.07) is 12.2. The van der Waals surface area contributed by atoms with Crippen LogP contribution in [0.25, 0.3) is 0 Å². The summed E-state index contributed by atoms with van der Waals surface area (Å²) in [6.45, 7) is 0.0199. The van der Waals surface area contributed by atoms with Crippen LogP contribution in [0.5, 0.6) is 0 Å². The molecule has 0 saturated heterocycles. The first-order valence-electron chi connectivity index (χ1n) is 7.55. The molecule has 0 spiro atoms. The van der Waals surface area contributed by atoms with E-state index in [1.54, 1.807) is 30.3 Å². The molecule has 2 aromatic rings. The minimum Gasteiger partial charge on any atom is -0.351 e. The second-order valence-electron chi connectivity index (χ2n) is 5.67. The highest BCUT2D eigenvalue weighted by Crippen LogP contribution is 2.20. The first-order valence-corrected chi connectivity index (χ1v) is 10.9. The highest BCUT2D eigenvalue weighted by atomic mass is 79.9. The molecule has 0 aliphatic heterocycles. The van der Waals surface area contributed by atoms with Crippen molar-refractivity contribution in [3.05, 3.63) is 68.1 Å². The molecule has 26 heavy (non-hydrogen) atoms. The summed E-state index contributed by atoms with van der Waals surface area (Å²) in [5.74, 6) is -0.418. The molecular weight excluding hydrogens is 463 g/mol. The van der Waals surface area contributed by atoms with Gasteiger partial charge in [-0.2, -0.15) is 4.31 Å². The van der Waals surface area contributed by atoms with Crippen LogP contribution in [0.2, 0.25) is 10.0 Å². The van der Waals surface area contributed by atoms with Gasteiger partial charge in [0.2, 0.25) is 15.9 Å². The zero-order valence-corrected chi connectivity index (χ0v) is 17.8. The van der Waals surface area contributed by atoms with Crippen LogP contribution in [-0.2, 0) is 27.9 Å². The molecule has 0 heterocycles. The number of benzene rings is 2. The number of hydrogen-bond donors (Lipinski definition) is 1. The molecule has 0 aliphatic rings. The minimum atomic E-state index is -3.55. The third-order valence-electron chi connectivity index (χ3n) is 3.55. The molecule has 0 unspecified atom stereocenters. The fourth-order valence-corrected chi connectivity index (χ4v) is 3.63. The Morgan fingerprint density at radius 1 is 1.15 bits per heavy atom. The number of nitrogens with one attached hydrogen (secondary N) is 1. The molecule has 2 aromatic carbocycles. The van der Waals surface area contributed by atoms with Crippen LogP contribution in [-0.4, -0.2) is 31.4 Å². The highest BCUT2D eigenvalue weighted by Gasteiger charge is 2.20. The molecule has 5 nitrogen and oxygen atoms in total. The maximum atomic E-state index is 12.2. The van der Waals surface area contributed by atoms with Crippen LogP contribution in [0.15, 0.2) is 46.9 Å². The van der Waals surface area contributed by atoms with Crippen LogP contribution in [0.1, 0.15) is 11.1 Å². The van der Waals surface area contributed by atoms with Crippen molar-refractivity contribution < 1.29 is 13.2 Å². The number of carbonyl (C=O) groups excluding carboxylic acids is 1. The Hall–Kier alpha value is -1.12. The zero-order valence-electron chi connectivity index (χ0n) is 13.9. The normalized spacial score (nSPS) is 11.6. The van der Waals surface area contributed by atoms with E-state index >= 15 is 0 Å². The predicted octanol–water partition coefficient (Wildman–Crippen LogP) is 3.83. The lowest BCUT2D eigenvalue weighted by Crippen LogP contribution is -2.39. The van der Waals surface area contributed by atoms with Crippen molar-refractivity contribution in [2.75, 3.05) is 12.8 Å². The zero-order chi connectivity index (χ0) is 19.3. The van der Waals surface area contributed by atoms with Gasteiger partial charge in [-0.15, -0.1) is 0 Å². The molecule has 0 bridgehead atoms. The van der Waals surface area contributed by atoms with Gasteiger partial charge in [0, 0.05) is 27.6 Å². The lowest BCUT2D eigenvalue weighted by molar-refractivity contribution is -0.121. The second kappa shape index (κ2) is 9.19. The van der Waals surface area contributed by atoms with Crippen LogP contribution in [0.4, 0.5) is 0 Å². The van der Waals surface area contributed by atoms with Crippen molar-refractivity contribution in [1.82, 2.24) is 9.62 Å². The molecule has 0 aliphatic carbocycles. The number of halogens is 3. The van der Waals surface area contributed by atoms with E-state index in [4.69, 9.17) is 23.2 Å². The summed E-state index contributed by atoms with van der Waals surface area (Å²) in [4.78, 5) is 12.2. The van der Waals surface area contributed by atoms with E-state index in [9.17, 15) is 13.2 Å². The summed E-state index contributed by atoms with van der Waals surface area (Å²) in [5, 5.41) is 3.62. The topological polar surface area (TPSA) is 66.5 Å². The van der Waals surface area contributed by atoms with Crippen molar-refractivity contribution in [1.29, 1.82) is 0 Å². The molecule has 0 saturated carbocycles. The maximum absolute atomic E-state index is 12.2. The third kappa shape index (κ3) is 6.55. The number of hydrogen-bond acceptors (Lipinski definition) is 3. The summed E-state index contributed by atoms with van der Waals surface area (Å²) < 4.78 is 26.0. The smallest absolute Gasteiger partial charge is 0.235 e. The Bertz CT molecular complexity index is 889. The van der Waals surface area contributed by atoms with E-state index in [2.05, 4.69) is 21.2 Å². The largest absolute Gasteiger partial charge is 0.351 e. The highest BCUT2D eigenvalue weighted by molar-refractivity contribution is 9.10. The summed E-state index contributed by atoms with van der Waals surface area (Å²) in [7, 11) is -3.55. The lowest BCUT2D eigenvalue weighted by atomic mass is 10.2. The molecular formula is C17H17BrCl2N2O3S. The minimum absolute atomic E-state index is 0.112. The van der Waals surface area contributed by atoms with E-state index in [-0.39, 0.29) is 19.6 Å². The Morgan fingerprint density at radius 2 is 1.81 bits per heavy atom. The van der Waals surface area contributed by atoms with Gasteiger partial charge in [-0.25, -0.2) is 8.42 Å². The van der Waals surface area contributed by atoms with Crippen molar-refractivity contribution in [2.24, 2.45) is 0 Å². The standard InChI is InChI=1S/C17H17BrCl2N2O3S/c1-26(24,25)22(10-12-2-5-14(18)6-3-12)11-17(23)21-9-13-4-7-15(19)8-16(13)20/h2-8H,9-11H2,1H3,(H,21,23). The monoisotopic (exact) mass is 478 g/mol. The Labute approximate surface area is 171 Å². The summed E-state index contributed by atoms with van der Waals surface area (Å²) >= 11 is 15.2. The van der Waals surface area contributed by atoms with Gasteiger partial charge < -0.3 is 5.32 Å². The average Bonchev–Trinajstić information content (AvgIpc) is 2.54. The van der Waals surface area contributed by atoms with Gasteiger partial charge in [0.15, 0.2) is 0 Å². The van der Waals surface area contributed by atoms with Gasteiger partial charge in [0.25, 0.3) is 0 Å². The molecule has 2 rings (SSSR count). The number of sulfonamides is 1. The van der Waals surface area contributed by atoms with Crippen LogP contribution >= 0.6 is 39.1 Å². The number of carbonyl (C=O) groups is 1. The van der Waals surface area contributed by atoms with Crippen molar-refractivity contribution in [3.63, 3.8) is 0 Å². The fourth-order valence-electron chi connectivity index (χ4n) is 2.16. The van der Waals surface area contributed by atoms with Crippen molar-refractivity contribution in [3.8, 4) is 0 Å². The van der Waals surface area contributed by atoms with Crippen molar-refractivity contribution in [2.45, 2.75) is 13.1 Å². The number of rotatable bonds is 7. The molecule has 140 valence electrons. The molecule has 0 aromatic heterocycles. The summed E-state index contributed by atoms with van der Waals surface area (Å²) in [6.07, 6.45) is 1.08. The fraction of sp³-hybridized carbons (Fsp3) is 0.235. The number of amides is 1. The van der Waals surface area contributed by atoms with E-state index in [0.717, 1.165) is 20.6 Å². The van der Waals surface area contributed by atoms with Crippen LogP contribution in [0.3, 0.4) is 0 Å². The van der Waals surface area contributed by atoms with Gasteiger partial charge in [0.05, 0.1) is 12.8 Å². The van der Waals surface area contributed by atoms with Gasteiger partial charge in [-0.3, -0.25) is 4.79 Å². The van der Waals surface area contributed by atoms with E-state index < -0.39 is 15.9 Å². The number of nitrogens with zero attached hydrogens (tertiary/aromatic N) is 1. The molecule has 9 heteroatoms.